The number of nitrogens with zero attached hydrogens (tertiary/aromatic N) is 4. The van der Waals surface area contributed by atoms with Crippen molar-refractivity contribution in [3.63, 3.8) is 0 Å². The molecule has 0 saturated heterocycles. The number of carboxylic acids is 1. The quantitative estimate of drug-likeness (QED) is 0.859. The van der Waals surface area contributed by atoms with Gasteiger partial charge in [-0.1, -0.05) is 0 Å². The largest absolute Gasteiger partial charge is 0.481 e. The van der Waals surface area contributed by atoms with Crippen LogP contribution in [0.1, 0.15) is 25.1 Å². The van der Waals surface area contributed by atoms with Crippen molar-refractivity contribution in [2.45, 2.75) is 38.4 Å². The molecule has 1 fully saturated rings. The van der Waals surface area contributed by atoms with Crippen LogP contribution in [0.5, 0.6) is 0 Å². The summed E-state index contributed by atoms with van der Waals surface area (Å²) in [4.78, 5) is 11.0. The zero-order valence-corrected chi connectivity index (χ0v) is 9.31. The summed E-state index contributed by atoms with van der Waals surface area (Å²) in [6.07, 6.45) is -4.64. The molecule has 100 valence electrons. The van der Waals surface area contributed by atoms with Gasteiger partial charge in [0.25, 0.3) is 0 Å². The second-order valence-electron chi connectivity index (χ2n) is 4.45. The molecule has 0 radical (unpaired) electrons. The average Bonchev–Trinajstić information content (AvgIpc) is 2.88. The number of aryl methyl sites for hydroxylation is 1. The van der Waals surface area contributed by atoms with Crippen LogP contribution < -0.4 is 0 Å². The van der Waals surface area contributed by atoms with Crippen LogP contribution in [-0.4, -0.2) is 37.5 Å². The number of aromatic nitrogens is 4. The molecule has 2 rings (SSSR count). The van der Waals surface area contributed by atoms with Crippen LogP contribution in [0.15, 0.2) is 0 Å². The summed E-state index contributed by atoms with van der Waals surface area (Å²) in [5, 5.41) is 19.3. The van der Waals surface area contributed by atoms with Crippen molar-refractivity contribution in [1.29, 1.82) is 0 Å². The van der Waals surface area contributed by atoms with E-state index < -0.39 is 24.0 Å². The Kier molecular flexibility index (Phi) is 2.99. The van der Waals surface area contributed by atoms with Crippen molar-refractivity contribution in [2.75, 3.05) is 0 Å². The predicted molar refractivity (Wildman–Crippen MR) is 51.5 cm³/mol. The first kappa shape index (κ1) is 12.8. The van der Waals surface area contributed by atoms with Crippen molar-refractivity contribution in [2.24, 2.45) is 5.41 Å². The second-order valence-corrected chi connectivity index (χ2v) is 4.45. The average molecular weight is 264 g/mol. The van der Waals surface area contributed by atoms with E-state index in [0.717, 1.165) is 4.68 Å². The van der Waals surface area contributed by atoms with Crippen molar-refractivity contribution in [3.05, 3.63) is 5.82 Å². The maximum absolute atomic E-state index is 12.1. The fourth-order valence-electron chi connectivity index (χ4n) is 1.66. The highest BCUT2D eigenvalue weighted by molar-refractivity contribution is 5.77. The van der Waals surface area contributed by atoms with E-state index >= 15 is 0 Å². The molecule has 0 amide bonds. The third-order valence-corrected chi connectivity index (χ3v) is 3.00. The molecule has 1 aromatic heterocycles. The van der Waals surface area contributed by atoms with Gasteiger partial charge >= 0.3 is 12.1 Å². The Hall–Kier alpha value is -1.67. The van der Waals surface area contributed by atoms with E-state index in [-0.39, 0.29) is 18.8 Å². The summed E-state index contributed by atoms with van der Waals surface area (Å²) < 4.78 is 37.4. The lowest BCUT2D eigenvalue weighted by atomic mass is 10.1. The van der Waals surface area contributed by atoms with Crippen LogP contribution >= 0.6 is 0 Å². The van der Waals surface area contributed by atoms with Crippen LogP contribution in [0.4, 0.5) is 13.2 Å². The number of carbonyl (C=O) groups is 1. The molecule has 0 unspecified atom stereocenters. The maximum Gasteiger partial charge on any atom is 0.389 e. The minimum atomic E-state index is -4.28. The van der Waals surface area contributed by atoms with Gasteiger partial charge in [0.1, 0.15) is 0 Å². The molecule has 6 nitrogen and oxygen atoms in total. The van der Waals surface area contributed by atoms with Crippen molar-refractivity contribution in [3.8, 4) is 0 Å². The standard InChI is InChI=1S/C9H11F3N4O2/c10-9(11,12)2-1-6-13-14-15-16(6)5-8(3-4-8)7(17)18/h1-5H2,(H,17,18). The smallest absolute Gasteiger partial charge is 0.389 e. The molecule has 1 aliphatic rings. The maximum atomic E-state index is 12.1. The highest BCUT2D eigenvalue weighted by Crippen LogP contribution is 2.47. The Labute approximate surface area is 99.8 Å². The molecule has 0 aliphatic heterocycles. The Balaban J connectivity index is 2.02. The Morgan fingerprint density at radius 1 is 1.44 bits per heavy atom. The predicted octanol–water partition coefficient (Wildman–Crippen LogP) is 1.03. The topological polar surface area (TPSA) is 80.9 Å². The van der Waals surface area contributed by atoms with Crippen LogP contribution in [-0.2, 0) is 17.8 Å². The Morgan fingerprint density at radius 2 is 2.11 bits per heavy atom. The molecule has 1 aromatic rings. The molecule has 0 atom stereocenters. The van der Waals surface area contributed by atoms with E-state index in [4.69, 9.17) is 5.11 Å². The first-order chi connectivity index (χ1) is 8.32. The monoisotopic (exact) mass is 264 g/mol. The minimum absolute atomic E-state index is 0.0303. The summed E-state index contributed by atoms with van der Waals surface area (Å²) in [6, 6.07) is 0. The number of alkyl halides is 3. The van der Waals surface area contributed by atoms with Gasteiger partial charge in [-0.3, -0.25) is 4.79 Å². The van der Waals surface area contributed by atoms with Crippen molar-refractivity contribution < 1.29 is 23.1 Å². The molecule has 18 heavy (non-hydrogen) atoms. The zero-order valence-electron chi connectivity index (χ0n) is 9.31. The number of hydrogen-bond donors (Lipinski definition) is 1. The Morgan fingerprint density at radius 3 is 2.61 bits per heavy atom. The number of aliphatic carboxylic acids is 1. The first-order valence-electron chi connectivity index (χ1n) is 5.38. The molecule has 1 saturated carbocycles. The molecule has 0 bridgehead atoms. The van der Waals surface area contributed by atoms with Crippen LogP contribution in [0, 0.1) is 5.41 Å². The van der Waals surface area contributed by atoms with Gasteiger partial charge in [0.05, 0.1) is 18.4 Å². The van der Waals surface area contributed by atoms with E-state index in [1.165, 1.54) is 0 Å². The number of halogens is 3. The van der Waals surface area contributed by atoms with Gasteiger partial charge < -0.3 is 5.11 Å². The molecule has 1 heterocycles. The van der Waals surface area contributed by atoms with Gasteiger partial charge in [-0.25, -0.2) is 4.68 Å². The fraction of sp³-hybridized carbons (Fsp3) is 0.778. The number of hydrogen-bond acceptors (Lipinski definition) is 4. The Bertz CT molecular complexity index is 453. The summed E-state index contributed by atoms with van der Waals surface area (Å²) in [7, 11) is 0. The normalized spacial score (nSPS) is 17.7. The molecule has 0 spiro atoms. The summed E-state index contributed by atoms with van der Waals surface area (Å²) in [5.74, 6) is -0.889. The SMILES string of the molecule is O=C(O)C1(Cn2nnnc2CCC(F)(F)F)CC1. The van der Waals surface area contributed by atoms with Gasteiger partial charge in [-0.05, 0) is 23.3 Å². The van der Waals surface area contributed by atoms with Gasteiger partial charge in [0.15, 0.2) is 5.82 Å². The summed E-state index contributed by atoms with van der Waals surface area (Å²) >= 11 is 0. The highest BCUT2D eigenvalue weighted by Gasteiger charge is 2.51. The molecular weight excluding hydrogens is 253 g/mol. The van der Waals surface area contributed by atoms with Crippen molar-refractivity contribution in [1.82, 2.24) is 20.2 Å². The summed E-state index contributed by atoms with van der Waals surface area (Å²) in [5.41, 5.74) is -0.900. The number of tetrazole rings is 1. The second kappa shape index (κ2) is 4.21. The van der Waals surface area contributed by atoms with E-state index in [1.54, 1.807) is 0 Å². The van der Waals surface area contributed by atoms with Gasteiger partial charge in [0, 0.05) is 6.42 Å². The first-order valence-corrected chi connectivity index (χ1v) is 5.38. The van der Waals surface area contributed by atoms with Crippen LogP contribution in [0.25, 0.3) is 0 Å². The molecular formula is C9H11F3N4O2. The van der Waals surface area contributed by atoms with Crippen LogP contribution in [0.2, 0.25) is 0 Å². The van der Waals surface area contributed by atoms with E-state index in [9.17, 15) is 18.0 Å². The van der Waals surface area contributed by atoms with Crippen molar-refractivity contribution >= 4 is 5.97 Å². The third-order valence-electron chi connectivity index (χ3n) is 3.00. The third kappa shape index (κ3) is 2.77. The van der Waals surface area contributed by atoms with E-state index in [2.05, 4.69) is 15.5 Å². The van der Waals surface area contributed by atoms with Gasteiger partial charge in [0.2, 0.25) is 0 Å². The van der Waals surface area contributed by atoms with E-state index in [0.29, 0.717) is 12.8 Å². The molecule has 1 N–H and O–H groups in total. The van der Waals surface area contributed by atoms with Crippen LogP contribution in [0.3, 0.4) is 0 Å². The molecule has 9 heteroatoms. The fourth-order valence-corrected chi connectivity index (χ4v) is 1.66. The lowest BCUT2D eigenvalue weighted by Crippen LogP contribution is -2.24. The molecule has 1 aliphatic carbocycles. The molecule has 0 aromatic carbocycles. The number of carboxylic acid groups (broad SMARTS) is 1. The summed E-state index contributed by atoms with van der Waals surface area (Å²) in [6.45, 7) is 0.0303. The van der Waals surface area contributed by atoms with Gasteiger partial charge in [-0.15, -0.1) is 5.10 Å². The minimum Gasteiger partial charge on any atom is -0.481 e. The lowest BCUT2D eigenvalue weighted by molar-refractivity contribution is -0.144. The highest BCUT2D eigenvalue weighted by atomic mass is 19.4. The zero-order chi connectivity index (χ0) is 13.4. The number of rotatable bonds is 5. The van der Waals surface area contributed by atoms with Gasteiger partial charge in [-0.2, -0.15) is 13.2 Å². The van der Waals surface area contributed by atoms with E-state index in [1.807, 2.05) is 0 Å². The lowest BCUT2D eigenvalue weighted by Gasteiger charge is -2.11.